The molecular formula is C32H66NO6P. The molecule has 240 valence electrons. The van der Waals surface area contributed by atoms with Gasteiger partial charge in [-0.05, 0) is 12.8 Å². The van der Waals surface area contributed by atoms with E-state index in [2.05, 4.69) is 23.7 Å². The van der Waals surface area contributed by atoms with E-state index in [4.69, 9.17) is 9.79 Å². The zero-order valence-corrected chi connectivity index (χ0v) is 27.2. The lowest BCUT2D eigenvalue weighted by atomic mass is 10.0. The molecule has 0 rings (SSSR count). The molecule has 0 aromatic carbocycles. The zero-order valence-electron chi connectivity index (χ0n) is 26.3. The van der Waals surface area contributed by atoms with Crippen LogP contribution in [0, 0.1) is 0 Å². The molecule has 8 heteroatoms. The highest BCUT2D eigenvalue weighted by Gasteiger charge is 2.25. The first-order chi connectivity index (χ1) is 19.3. The van der Waals surface area contributed by atoms with Gasteiger partial charge in [0.2, 0.25) is 5.91 Å². The Labute approximate surface area is 247 Å². The molecule has 0 aliphatic heterocycles. The molecule has 40 heavy (non-hydrogen) atoms. The zero-order chi connectivity index (χ0) is 29.7. The third-order valence-corrected chi connectivity index (χ3v) is 8.33. The van der Waals surface area contributed by atoms with Gasteiger partial charge in [0.05, 0.1) is 18.8 Å². The monoisotopic (exact) mass is 591 g/mol. The molecule has 0 bridgehead atoms. The molecule has 2 atom stereocenters. The van der Waals surface area contributed by atoms with Crippen LogP contribution in [-0.2, 0) is 13.9 Å². The van der Waals surface area contributed by atoms with E-state index in [9.17, 15) is 14.5 Å². The van der Waals surface area contributed by atoms with Gasteiger partial charge in [0.1, 0.15) is 0 Å². The minimum atomic E-state index is -4.67. The second kappa shape index (κ2) is 28.6. The van der Waals surface area contributed by atoms with Gasteiger partial charge in [-0.3, -0.25) is 9.32 Å². The Balaban J connectivity index is 4.00. The molecule has 0 spiro atoms. The Morgan fingerprint density at radius 3 is 1.35 bits per heavy atom. The Hall–Kier alpha value is -0.460. The van der Waals surface area contributed by atoms with Crippen molar-refractivity contribution in [1.29, 1.82) is 0 Å². The van der Waals surface area contributed by atoms with Gasteiger partial charge in [-0.1, -0.05) is 162 Å². The van der Waals surface area contributed by atoms with Crippen LogP contribution < -0.4 is 5.32 Å². The van der Waals surface area contributed by atoms with E-state index in [0.29, 0.717) is 12.8 Å². The van der Waals surface area contributed by atoms with E-state index in [1.807, 2.05) is 0 Å². The fourth-order valence-electron chi connectivity index (χ4n) is 5.23. The second-order valence-corrected chi connectivity index (χ2v) is 13.1. The molecule has 0 unspecified atom stereocenters. The SMILES string of the molecule is CCCCCCCCCCCCCCCC[C@@H](O)[C@H](COP(=O)(O)O)NC(=O)CCCCCCCCCCCC. The summed E-state index contributed by atoms with van der Waals surface area (Å²) >= 11 is 0. The van der Waals surface area contributed by atoms with Crippen molar-refractivity contribution in [3.8, 4) is 0 Å². The number of nitrogens with one attached hydrogen (secondary N) is 1. The van der Waals surface area contributed by atoms with Gasteiger partial charge in [0.25, 0.3) is 0 Å². The number of phosphoric ester groups is 1. The Morgan fingerprint density at radius 2 is 0.975 bits per heavy atom. The Kier molecular flexibility index (Phi) is 28.3. The summed E-state index contributed by atoms with van der Waals surface area (Å²) in [7, 11) is -4.67. The quantitative estimate of drug-likeness (QED) is 0.0472. The number of unbranched alkanes of at least 4 members (excludes halogenated alkanes) is 22. The van der Waals surface area contributed by atoms with Crippen LogP contribution in [0.25, 0.3) is 0 Å². The number of amides is 1. The number of carbonyl (C=O) groups is 1. The van der Waals surface area contributed by atoms with Crippen molar-refractivity contribution in [1.82, 2.24) is 5.32 Å². The highest BCUT2D eigenvalue weighted by molar-refractivity contribution is 7.46. The molecule has 0 aromatic heterocycles. The van der Waals surface area contributed by atoms with Gasteiger partial charge in [-0.15, -0.1) is 0 Å². The van der Waals surface area contributed by atoms with Crippen LogP contribution in [0.2, 0.25) is 0 Å². The fourth-order valence-corrected chi connectivity index (χ4v) is 5.58. The number of phosphoric acid groups is 1. The van der Waals surface area contributed by atoms with Crippen molar-refractivity contribution in [2.24, 2.45) is 0 Å². The van der Waals surface area contributed by atoms with Gasteiger partial charge in [-0.25, -0.2) is 4.57 Å². The average Bonchev–Trinajstić information content (AvgIpc) is 2.91. The van der Waals surface area contributed by atoms with E-state index >= 15 is 0 Å². The van der Waals surface area contributed by atoms with Crippen molar-refractivity contribution in [3.05, 3.63) is 0 Å². The number of rotatable bonds is 31. The third kappa shape index (κ3) is 29.0. The van der Waals surface area contributed by atoms with Crippen molar-refractivity contribution in [3.63, 3.8) is 0 Å². The summed E-state index contributed by atoms with van der Waals surface area (Å²) in [4.78, 5) is 30.6. The molecule has 0 radical (unpaired) electrons. The van der Waals surface area contributed by atoms with E-state index in [-0.39, 0.29) is 5.91 Å². The molecule has 0 aliphatic rings. The fraction of sp³-hybridized carbons (Fsp3) is 0.969. The Bertz CT molecular complexity index is 600. The van der Waals surface area contributed by atoms with Gasteiger partial charge >= 0.3 is 7.82 Å². The summed E-state index contributed by atoms with van der Waals surface area (Å²) in [6, 6.07) is -0.815. The highest BCUT2D eigenvalue weighted by atomic mass is 31.2. The summed E-state index contributed by atoms with van der Waals surface area (Å²) in [6.07, 6.45) is 29.4. The first-order valence-corrected chi connectivity index (χ1v) is 18.5. The van der Waals surface area contributed by atoms with Crippen LogP contribution in [0.4, 0.5) is 0 Å². The molecular weight excluding hydrogens is 525 g/mol. The number of hydrogen-bond donors (Lipinski definition) is 4. The molecule has 1 amide bonds. The topological polar surface area (TPSA) is 116 Å². The molecule has 0 saturated heterocycles. The molecule has 0 aromatic rings. The van der Waals surface area contributed by atoms with Crippen molar-refractivity contribution >= 4 is 13.7 Å². The first-order valence-electron chi connectivity index (χ1n) is 17.0. The largest absolute Gasteiger partial charge is 0.469 e. The maximum Gasteiger partial charge on any atom is 0.469 e. The van der Waals surface area contributed by atoms with Gasteiger partial charge in [0.15, 0.2) is 0 Å². The van der Waals surface area contributed by atoms with Gasteiger partial charge in [0, 0.05) is 6.42 Å². The molecule has 0 aliphatic carbocycles. The summed E-state index contributed by atoms with van der Waals surface area (Å²) < 4.78 is 15.8. The molecule has 0 heterocycles. The van der Waals surface area contributed by atoms with E-state index in [1.165, 1.54) is 116 Å². The highest BCUT2D eigenvalue weighted by Crippen LogP contribution is 2.36. The maximum absolute atomic E-state index is 12.4. The summed E-state index contributed by atoms with van der Waals surface area (Å²) in [6.45, 7) is 4.09. The second-order valence-electron chi connectivity index (χ2n) is 11.8. The number of aliphatic hydroxyl groups excluding tert-OH is 1. The van der Waals surface area contributed by atoms with E-state index in [1.54, 1.807) is 0 Å². The van der Waals surface area contributed by atoms with Crippen molar-refractivity contribution < 1.29 is 28.8 Å². The van der Waals surface area contributed by atoms with E-state index in [0.717, 1.165) is 38.5 Å². The average molecular weight is 592 g/mol. The lowest BCUT2D eigenvalue weighted by molar-refractivity contribution is -0.123. The van der Waals surface area contributed by atoms with Gasteiger partial charge < -0.3 is 20.2 Å². The Morgan fingerprint density at radius 1 is 0.625 bits per heavy atom. The van der Waals surface area contributed by atoms with Crippen LogP contribution in [-0.4, -0.2) is 39.6 Å². The normalized spacial score (nSPS) is 13.4. The number of aliphatic hydroxyl groups is 1. The first kappa shape index (κ1) is 39.5. The predicted molar refractivity (Wildman–Crippen MR) is 167 cm³/mol. The van der Waals surface area contributed by atoms with Crippen molar-refractivity contribution in [2.75, 3.05) is 6.61 Å². The maximum atomic E-state index is 12.4. The molecule has 0 fully saturated rings. The number of hydrogen-bond acceptors (Lipinski definition) is 4. The van der Waals surface area contributed by atoms with E-state index < -0.39 is 26.6 Å². The van der Waals surface area contributed by atoms with Crippen LogP contribution >= 0.6 is 7.82 Å². The van der Waals surface area contributed by atoms with Crippen LogP contribution in [0.1, 0.15) is 181 Å². The van der Waals surface area contributed by atoms with Crippen LogP contribution in [0.3, 0.4) is 0 Å². The minimum Gasteiger partial charge on any atom is -0.391 e. The smallest absolute Gasteiger partial charge is 0.391 e. The van der Waals surface area contributed by atoms with Gasteiger partial charge in [-0.2, -0.15) is 0 Å². The lowest BCUT2D eigenvalue weighted by Crippen LogP contribution is -2.46. The summed E-state index contributed by atoms with van der Waals surface area (Å²) in [5.74, 6) is -0.195. The van der Waals surface area contributed by atoms with Crippen molar-refractivity contribution in [2.45, 2.75) is 193 Å². The predicted octanol–water partition coefficient (Wildman–Crippen LogP) is 9.12. The molecule has 7 nitrogen and oxygen atoms in total. The standard InChI is InChI=1S/C32H66NO6P/c1-3-5-7-9-11-13-15-16-17-18-19-21-23-25-27-31(34)30(29-39-40(36,37)38)33-32(35)28-26-24-22-20-14-12-10-8-6-4-2/h30-31,34H,3-29H2,1-2H3,(H,33,35)(H2,36,37,38)/t30-,31+/m0/s1. The minimum absolute atomic E-state index is 0.195. The summed E-state index contributed by atoms with van der Waals surface area (Å²) in [5.41, 5.74) is 0. The number of carbonyl (C=O) groups excluding carboxylic acids is 1. The molecule has 4 N–H and O–H groups in total. The molecule has 0 saturated carbocycles. The third-order valence-electron chi connectivity index (χ3n) is 7.84. The van der Waals surface area contributed by atoms with Crippen LogP contribution in [0.15, 0.2) is 0 Å². The summed E-state index contributed by atoms with van der Waals surface area (Å²) in [5, 5.41) is 13.4. The lowest BCUT2D eigenvalue weighted by Gasteiger charge is -2.24. The van der Waals surface area contributed by atoms with Crippen LogP contribution in [0.5, 0.6) is 0 Å².